The Bertz CT molecular complexity index is 579. The summed E-state index contributed by atoms with van der Waals surface area (Å²) >= 11 is 0. The van der Waals surface area contributed by atoms with Crippen LogP contribution in [0.2, 0.25) is 0 Å². The first kappa shape index (κ1) is 15.4. The van der Waals surface area contributed by atoms with Crippen molar-refractivity contribution in [1.29, 1.82) is 5.26 Å². The van der Waals surface area contributed by atoms with Crippen LogP contribution in [0.3, 0.4) is 0 Å². The molecule has 0 aliphatic carbocycles. The fourth-order valence-electron chi connectivity index (χ4n) is 1.28. The molecule has 7 heteroatoms. The van der Waals surface area contributed by atoms with Crippen LogP contribution in [-0.4, -0.2) is 26.9 Å². The molecule has 0 aliphatic rings. The van der Waals surface area contributed by atoms with Crippen LogP contribution in [-0.2, 0) is 14.8 Å². The largest absolute Gasteiger partial charge is 0.378 e. The van der Waals surface area contributed by atoms with Gasteiger partial charge in [-0.15, -0.1) is 0 Å². The number of nitriles is 1. The maximum Gasteiger partial charge on any atom is 0.235 e. The molecule has 0 aromatic heterocycles. The fourth-order valence-corrected chi connectivity index (χ4v) is 2.20. The molecule has 0 saturated heterocycles. The van der Waals surface area contributed by atoms with Crippen LogP contribution in [0, 0.1) is 17.1 Å². The van der Waals surface area contributed by atoms with E-state index in [1.807, 2.05) is 0 Å². The number of sulfonamides is 1. The molecule has 0 fully saturated rings. The van der Waals surface area contributed by atoms with E-state index >= 15 is 0 Å². The summed E-state index contributed by atoms with van der Waals surface area (Å²) in [6.45, 7) is 3.62. The Kier molecular flexibility index (Phi) is 5.27. The van der Waals surface area contributed by atoms with Gasteiger partial charge in [0.1, 0.15) is 5.82 Å². The van der Waals surface area contributed by atoms with Crippen molar-refractivity contribution in [2.75, 3.05) is 17.1 Å². The van der Waals surface area contributed by atoms with Gasteiger partial charge in [-0.3, -0.25) is 4.72 Å². The van der Waals surface area contributed by atoms with Crippen LogP contribution in [0.25, 0.3) is 0 Å². The summed E-state index contributed by atoms with van der Waals surface area (Å²) in [6, 6.07) is 5.30. The maximum atomic E-state index is 13.5. The smallest absolute Gasteiger partial charge is 0.235 e. The monoisotopic (exact) mass is 286 g/mol. The minimum absolute atomic E-state index is 0.0326. The summed E-state index contributed by atoms with van der Waals surface area (Å²) in [6.07, 6.45) is -0.0677. The molecule has 1 aromatic rings. The minimum Gasteiger partial charge on any atom is -0.378 e. The number of anilines is 1. The van der Waals surface area contributed by atoms with Crippen LogP contribution in [0.4, 0.5) is 10.1 Å². The van der Waals surface area contributed by atoms with Crippen molar-refractivity contribution in [1.82, 2.24) is 0 Å². The van der Waals surface area contributed by atoms with E-state index in [4.69, 9.17) is 10.00 Å². The normalized spacial score (nSPS) is 11.3. The van der Waals surface area contributed by atoms with E-state index in [0.717, 1.165) is 6.07 Å². The number of nitrogens with one attached hydrogen (secondary N) is 1. The molecule has 0 saturated carbocycles. The van der Waals surface area contributed by atoms with E-state index in [-0.39, 0.29) is 29.7 Å². The topological polar surface area (TPSA) is 79.2 Å². The third kappa shape index (κ3) is 5.24. The van der Waals surface area contributed by atoms with Gasteiger partial charge in [0.25, 0.3) is 0 Å². The van der Waals surface area contributed by atoms with Crippen molar-refractivity contribution >= 4 is 15.7 Å². The van der Waals surface area contributed by atoms with Gasteiger partial charge in [-0.25, -0.2) is 12.8 Å². The summed E-state index contributed by atoms with van der Waals surface area (Å²) in [5.41, 5.74) is -0.0489. The second-order valence-electron chi connectivity index (χ2n) is 4.15. The highest BCUT2D eigenvalue weighted by atomic mass is 32.2. The predicted molar refractivity (Wildman–Crippen MR) is 69.6 cm³/mol. The van der Waals surface area contributed by atoms with Gasteiger partial charge in [0, 0.05) is 0 Å². The Morgan fingerprint density at radius 1 is 1.47 bits per heavy atom. The minimum atomic E-state index is -3.67. The highest BCUT2D eigenvalue weighted by molar-refractivity contribution is 7.92. The van der Waals surface area contributed by atoms with Crippen molar-refractivity contribution in [2.45, 2.75) is 20.0 Å². The van der Waals surface area contributed by atoms with E-state index in [1.165, 1.54) is 12.1 Å². The van der Waals surface area contributed by atoms with Crippen molar-refractivity contribution in [3.05, 3.63) is 29.6 Å². The van der Waals surface area contributed by atoms with Crippen molar-refractivity contribution in [2.24, 2.45) is 0 Å². The molecule has 0 heterocycles. The van der Waals surface area contributed by atoms with Gasteiger partial charge in [-0.05, 0) is 32.0 Å². The number of rotatable bonds is 6. The van der Waals surface area contributed by atoms with Gasteiger partial charge < -0.3 is 4.74 Å². The zero-order valence-electron chi connectivity index (χ0n) is 10.7. The van der Waals surface area contributed by atoms with Crippen LogP contribution in [0.15, 0.2) is 18.2 Å². The molecule has 0 unspecified atom stereocenters. The van der Waals surface area contributed by atoms with E-state index < -0.39 is 15.8 Å². The first-order chi connectivity index (χ1) is 8.84. The van der Waals surface area contributed by atoms with Gasteiger partial charge in [0.15, 0.2) is 0 Å². The molecule has 0 amide bonds. The summed E-state index contributed by atoms with van der Waals surface area (Å²) in [7, 11) is -3.67. The lowest BCUT2D eigenvalue weighted by atomic mass is 10.2. The van der Waals surface area contributed by atoms with Crippen LogP contribution in [0.1, 0.15) is 19.4 Å². The standard InChI is InChI=1S/C12H15FN2O3S/c1-9(2)18-5-6-19(16,17)15-12-4-3-10(8-14)7-11(12)13/h3-4,7,9,15H,5-6H2,1-2H3. The summed E-state index contributed by atoms with van der Waals surface area (Å²) in [5.74, 6) is -1.04. The summed E-state index contributed by atoms with van der Waals surface area (Å²) in [4.78, 5) is 0. The van der Waals surface area contributed by atoms with Crippen LogP contribution >= 0.6 is 0 Å². The van der Waals surface area contributed by atoms with Crippen molar-refractivity contribution < 1.29 is 17.5 Å². The highest BCUT2D eigenvalue weighted by Gasteiger charge is 2.14. The van der Waals surface area contributed by atoms with E-state index in [9.17, 15) is 12.8 Å². The van der Waals surface area contributed by atoms with Crippen LogP contribution < -0.4 is 4.72 Å². The van der Waals surface area contributed by atoms with Crippen LogP contribution in [0.5, 0.6) is 0 Å². The molecule has 0 aliphatic heterocycles. The first-order valence-corrected chi connectivity index (χ1v) is 7.31. The molecule has 1 N–H and O–H groups in total. The van der Waals surface area contributed by atoms with E-state index in [0.29, 0.717) is 0 Å². The summed E-state index contributed by atoms with van der Waals surface area (Å²) < 4.78 is 44.1. The zero-order valence-corrected chi connectivity index (χ0v) is 11.5. The number of ether oxygens (including phenoxy) is 1. The fraction of sp³-hybridized carbons (Fsp3) is 0.417. The quantitative estimate of drug-likeness (QED) is 0.865. The first-order valence-electron chi connectivity index (χ1n) is 5.66. The summed E-state index contributed by atoms with van der Waals surface area (Å²) in [5, 5.41) is 8.58. The molecule has 19 heavy (non-hydrogen) atoms. The zero-order chi connectivity index (χ0) is 14.5. The van der Waals surface area contributed by atoms with Gasteiger partial charge in [0.05, 0.1) is 35.8 Å². The van der Waals surface area contributed by atoms with E-state index in [2.05, 4.69) is 4.72 Å². The average molecular weight is 286 g/mol. The Morgan fingerprint density at radius 2 is 2.16 bits per heavy atom. The Hall–Kier alpha value is -1.65. The second kappa shape index (κ2) is 6.50. The lowest BCUT2D eigenvalue weighted by Gasteiger charge is -2.10. The third-order valence-corrected chi connectivity index (χ3v) is 3.40. The van der Waals surface area contributed by atoms with Gasteiger partial charge in [0.2, 0.25) is 10.0 Å². The Balaban J connectivity index is 2.71. The molecule has 0 bridgehead atoms. The van der Waals surface area contributed by atoms with Crippen molar-refractivity contribution in [3.63, 3.8) is 0 Å². The lowest BCUT2D eigenvalue weighted by molar-refractivity contribution is 0.0913. The van der Waals surface area contributed by atoms with E-state index in [1.54, 1.807) is 19.9 Å². The molecular weight excluding hydrogens is 271 g/mol. The number of benzene rings is 1. The number of nitrogens with zero attached hydrogens (tertiary/aromatic N) is 1. The predicted octanol–water partition coefficient (Wildman–Crippen LogP) is 1.86. The maximum absolute atomic E-state index is 13.5. The molecule has 0 radical (unpaired) electrons. The number of hydrogen-bond donors (Lipinski definition) is 1. The Morgan fingerprint density at radius 3 is 2.68 bits per heavy atom. The molecule has 1 rings (SSSR count). The molecular formula is C12H15FN2O3S. The third-order valence-electron chi connectivity index (χ3n) is 2.17. The Labute approximate surface area is 112 Å². The van der Waals surface area contributed by atoms with Gasteiger partial charge in [-0.1, -0.05) is 0 Å². The molecule has 104 valence electrons. The highest BCUT2D eigenvalue weighted by Crippen LogP contribution is 2.16. The number of halogens is 1. The van der Waals surface area contributed by atoms with Gasteiger partial charge in [-0.2, -0.15) is 5.26 Å². The molecule has 0 spiro atoms. The SMILES string of the molecule is CC(C)OCCS(=O)(=O)Nc1ccc(C#N)cc1F. The second-order valence-corrected chi connectivity index (χ2v) is 5.99. The molecule has 0 atom stereocenters. The average Bonchev–Trinajstić information content (AvgIpc) is 2.30. The molecule has 1 aromatic carbocycles. The lowest BCUT2D eigenvalue weighted by Crippen LogP contribution is -2.22. The van der Waals surface area contributed by atoms with Gasteiger partial charge >= 0.3 is 0 Å². The number of hydrogen-bond acceptors (Lipinski definition) is 4. The molecule has 5 nitrogen and oxygen atoms in total. The van der Waals surface area contributed by atoms with Crippen molar-refractivity contribution in [3.8, 4) is 6.07 Å².